The molecule has 0 saturated carbocycles. The van der Waals surface area contributed by atoms with E-state index in [9.17, 15) is 14.7 Å². The number of H-pyrrole nitrogens is 1. The number of phenols is 1. The molecule has 6 nitrogen and oxygen atoms in total. The Morgan fingerprint density at radius 3 is 2.87 bits per heavy atom. The first kappa shape index (κ1) is 18.8. The molecule has 2 aromatic carbocycles. The fourth-order valence-electron chi connectivity index (χ4n) is 4.07. The van der Waals surface area contributed by atoms with Gasteiger partial charge in [-0.15, -0.1) is 11.3 Å². The van der Waals surface area contributed by atoms with Gasteiger partial charge in [0.2, 0.25) is 0 Å². The van der Waals surface area contributed by atoms with Crippen LogP contribution in [0.5, 0.6) is 5.75 Å². The third kappa shape index (κ3) is 3.25. The maximum atomic E-state index is 12.7. The molecule has 0 spiro atoms. The van der Waals surface area contributed by atoms with Crippen LogP contribution in [-0.2, 0) is 24.2 Å². The first-order valence-corrected chi connectivity index (χ1v) is 10.7. The van der Waals surface area contributed by atoms with Gasteiger partial charge in [-0.3, -0.25) is 4.79 Å². The summed E-state index contributed by atoms with van der Waals surface area (Å²) in [6, 6.07) is 10.6. The van der Waals surface area contributed by atoms with E-state index in [1.165, 1.54) is 10.9 Å². The van der Waals surface area contributed by atoms with E-state index in [-0.39, 0.29) is 23.5 Å². The topological polar surface area (TPSA) is 92.3 Å². The third-order valence-electron chi connectivity index (χ3n) is 5.64. The molecule has 2 N–H and O–H groups in total. The number of phenolic OH excluding ortho intramolecular Hbond substituents is 1. The maximum absolute atomic E-state index is 12.7. The number of rotatable bonds is 3. The minimum absolute atomic E-state index is 0.0812. The average molecular weight is 420 g/mol. The molecule has 7 heteroatoms. The molecule has 4 aromatic rings. The summed E-state index contributed by atoms with van der Waals surface area (Å²) in [5.41, 5.74) is 1.01. The van der Waals surface area contributed by atoms with Crippen LogP contribution in [0.3, 0.4) is 0 Å². The maximum Gasteiger partial charge on any atom is 0.342 e. The highest BCUT2D eigenvalue weighted by Gasteiger charge is 2.23. The summed E-state index contributed by atoms with van der Waals surface area (Å²) in [4.78, 5) is 34.4. The van der Waals surface area contributed by atoms with Gasteiger partial charge in [0.25, 0.3) is 5.56 Å². The summed E-state index contributed by atoms with van der Waals surface area (Å²) >= 11 is 1.55. The number of hydrogen-bond donors (Lipinski definition) is 2. The summed E-state index contributed by atoms with van der Waals surface area (Å²) in [6.07, 6.45) is 2.95. The van der Waals surface area contributed by atoms with Crippen LogP contribution in [0.4, 0.5) is 0 Å². The Balaban J connectivity index is 1.41. The van der Waals surface area contributed by atoms with Crippen molar-refractivity contribution < 1.29 is 14.6 Å². The predicted molar refractivity (Wildman–Crippen MR) is 116 cm³/mol. The first-order chi connectivity index (χ1) is 14.5. The minimum atomic E-state index is -0.666. The number of carbonyl (C=O) groups is 1. The van der Waals surface area contributed by atoms with Crippen molar-refractivity contribution in [1.29, 1.82) is 0 Å². The number of aromatic amines is 1. The van der Waals surface area contributed by atoms with Crippen LogP contribution in [0.1, 0.15) is 40.0 Å². The van der Waals surface area contributed by atoms with Crippen LogP contribution < -0.4 is 5.56 Å². The zero-order chi connectivity index (χ0) is 20.8. The Kier molecular flexibility index (Phi) is 4.55. The van der Waals surface area contributed by atoms with Gasteiger partial charge in [0, 0.05) is 4.88 Å². The highest BCUT2D eigenvalue weighted by atomic mass is 32.1. The summed E-state index contributed by atoms with van der Waals surface area (Å²) in [6.45, 7) is 2.05. The van der Waals surface area contributed by atoms with Crippen molar-refractivity contribution in [2.75, 3.05) is 0 Å². The number of aryl methyl sites for hydroxylation is 1. The third-order valence-corrected chi connectivity index (χ3v) is 6.79. The Bertz CT molecular complexity index is 1350. The standard InChI is InChI=1S/C23H20N2O4S/c1-12-6-7-15-18(8-12)30-22-20(15)21(27)24-19(25-22)11-29-23(28)16-9-13-4-2-3-5-14(13)10-17(16)26/h2-5,9-10,12,26H,6-8,11H2,1H3,(H,24,25,27). The average Bonchev–Trinajstić information content (AvgIpc) is 3.09. The summed E-state index contributed by atoms with van der Waals surface area (Å²) in [5.74, 6) is 0.100. The lowest BCUT2D eigenvalue weighted by Gasteiger charge is -2.17. The van der Waals surface area contributed by atoms with Gasteiger partial charge < -0.3 is 14.8 Å². The molecule has 0 amide bonds. The van der Waals surface area contributed by atoms with Crippen LogP contribution in [-0.4, -0.2) is 21.0 Å². The number of ether oxygens (including phenoxy) is 1. The van der Waals surface area contributed by atoms with Gasteiger partial charge in [-0.1, -0.05) is 31.2 Å². The van der Waals surface area contributed by atoms with Crippen molar-refractivity contribution in [2.24, 2.45) is 5.92 Å². The van der Waals surface area contributed by atoms with Crippen molar-refractivity contribution in [1.82, 2.24) is 9.97 Å². The molecule has 0 bridgehead atoms. The number of hydrogen-bond acceptors (Lipinski definition) is 6. The van der Waals surface area contributed by atoms with Gasteiger partial charge in [-0.05, 0) is 53.6 Å². The number of fused-ring (bicyclic) bond motifs is 4. The summed E-state index contributed by atoms with van der Waals surface area (Å²) in [7, 11) is 0. The lowest BCUT2D eigenvalue weighted by Crippen LogP contribution is -2.16. The molecule has 30 heavy (non-hydrogen) atoms. The number of benzene rings is 2. The second-order valence-electron chi connectivity index (χ2n) is 7.84. The molecule has 2 heterocycles. The van der Waals surface area contributed by atoms with Gasteiger partial charge in [-0.2, -0.15) is 0 Å². The number of nitrogens with one attached hydrogen (secondary N) is 1. The van der Waals surface area contributed by atoms with Crippen molar-refractivity contribution in [3.8, 4) is 5.75 Å². The van der Waals surface area contributed by atoms with Gasteiger partial charge in [0.15, 0.2) is 0 Å². The van der Waals surface area contributed by atoms with E-state index >= 15 is 0 Å². The number of aromatic nitrogens is 2. The molecule has 1 aliphatic carbocycles. The number of esters is 1. The van der Waals surface area contributed by atoms with Gasteiger partial charge in [-0.25, -0.2) is 9.78 Å². The second-order valence-corrected chi connectivity index (χ2v) is 8.92. The van der Waals surface area contributed by atoms with Crippen molar-refractivity contribution >= 4 is 38.3 Å². The number of carbonyl (C=O) groups excluding carboxylic acids is 1. The van der Waals surface area contributed by atoms with E-state index in [1.54, 1.807) is 17.4 Å². The zero-order valence-corrected chi connectivity index (χ0v) is 17.2. The molecule has 1 aliphatic rings. The zero-order valence-electron chi connectivity index (χ0n) is 16.4. The molecule has 2 aromatic heterocycles. The van der Waals surface area contributed by atoms with Crippen LogP contribution in [0, 0.1) is 5.92 Å². The number of aromatic hydroxyl groups is 1. The first-order valence-electron chi connectivity index (χ1n) is 9.92. The molecule has 0 fully saturated rings. The molecule has 5 rings (SSSR count). The summed E-state index contributed by atoms with van der Waals surface area (Å²) in [5, 5.41) is 12.5. The molecule has 1 atom stereocenters. The Hall–Kier alpha value is -3.19. The van der Waals surface area contributed by atoms with Crippen molar-refractivity contribution in [3.05, 3.63) is 68.6 Å². The van der Waals surface area contributed by atoms with Crippen LogP contribution >= 0.6 is 11.3 Å². The lowest BCUT2D eigenvalue weighted by atomic mass is 9.89. The monoisotopic (exact) mass is 420 g/mol. The van der Waals surface area contributed by atoms with E-state index < -0.39 is 5.97 Å². The van der Waals surface area contributed by atoms with Crippen molar-refractivity contribution in [3.63, 3.8) is 0 Å². The minimum Gasteiger partial charge on any atom is -0.507 e. The van der Waals surface area contributed by atoms with Crippen LogP contribution in [0.2, 0.25) is 0 Å². The fourth-order valence-corrected chi connectivity index (χ4v) is 5.47. The number of nitrogens with zero attached hydrogens (tertiary/aromatic N) is 1. The van der Waals surface area contributed by atoms with E-state index in [2.05, 4.69) is 16.9 Å². The van der Waals surface area contributed by atoms with E-state index in [0.717, 1.165) is 35.6 Å². The van der Waals surface area contributed by atoms with Gasteiger partial charge >= 0.3 is 5.97 Å². The summed E-state index contributed by atoms with van der Waals surface area (Å²) < 4.78 is 5.34. The molecule has 1 unspecified atom stereocenters. The molecule has 0 aliphatic heterocycles. The normalized spacial score (nSPS) is 16.0. The van der Waals surface area contributed by atoms with E-state index in [4.69, 9.17) is 4.74 Å². The Labute approximate surface area is 176 Å². The fraction of sp³-hybridized carbons (Fsp3) is 0.261. The number of thiophene rings is 1. The largest absolute Gasteiger partial charge is 0.507 e. The Morgan fingerprint density at radius 2 is 2.07 bits per heavy atom. The Morgan fingerprint density at radius 1 is 1.30 bits per heavy atom. The second kappa shape index (κ2) is 7.25. The van der Waals surface area contributed by atoms with Crippen LogP contribution in [0.25, 0.3) is 21.0 Å². The van der Waals surface area contributed by atoms with Crippen LogP contribution in [0.15, 0.2) is 41.2 Å². The van der Waals surface area contributed by atoms with E-state index in [0.29, 0.717) is 22.0 Å². The molecule has 0 radical (unpaired) electrons. The lowest BCUT2D eigenvalue weighted by molar-refractivity contribution is 0.0459. The van der Waals surface area contributed by atoms with Gasteiger partial charge in [0.1, 0.15) is 28.6 Å². The quantitative estimate of drug-likeness (QED) is 0.482. The highest BCUT2D eigenvalue weighted by Crippen LogP contribution is 2.35. The highest BCUT2D eigenvalue weighted by molar-refractivity contribution is 7.18. The van der Waals surface area contributed by atoms with Crippen molar-refractivity contribution in [2.45, 2.75) is 32.8 Å². The van der Waals surface area contributed by atoms with Gasteiger partial charge in [0.05, 0.1) is 5.39 Å². The molecular formula is C23H20N2O4S. The predicted octanol–water partition coefficient (Wildman–Crippen LogP) is 4.33. The van der Waals surface area contributed by atoms with E-state index in [1.807, 2.05) is 24.3 Å². The smallest absolute Gasteiger partial charge is 0.342 e. The molecular weight excluding hydrogens is 400 g/mol. The SMILES string of the molecule is CC1CCc2c(sc3nc(COC(=O)c4cc5ccccc5cc4O)[nH]c(=O)c23)C1. The molecule has 0 saturated heterocycles. The molecule has 152 valence electrons.